The molecular weight excluding hydrogens is 198 g/mol. The van der Waals surface area contributed by atoms with E-state index in [0.717, 1.165) is 12.1 Å². The van der Waals surface area contributed by atoms with Crippen LogP contribution in [0.3, 0.4) is 0 Å². The van der Waals surface area contributed by atoms with Crippen molar-refractivity contribution < 1.29 is 8.78 Å². The fourth-order valence-corrected chi connectivity index (χ4v) is 1.68. The minimum Gasteiger partial charge on any atom is -0.323 e. The summed E-state index contributed by atoms with van der Waals surface area (Å²) in [5, 5.41) is 3.05. The van der Waals surface area contributed by atoms with Crippen molar-refractivity contribution in [1.82, 2.24) is 5.32 Å². The highest BCUT2D eigenvalue weighted by Gasteiger charge is 2.14. The summed E-state index contributed by atoms with van der Waals surface area (Å²) in [7, 11) is 0. The van der Waals surface area contributed by atoms with Gasteiger partial charge in [0.1, 0.15) is 11.6 Å². The van der Waals surface area contributed by atoms with Crippen LogP contribution in [-0.4, -0.2) is 19.1 Å². The summed E-state index contributed by atoms with van der Waals surface area (Å²) in [6.45, 7) is 1.19. The molecule has 0 fully saturated rings. The maximum absolute atomic E-state index is 13.4. The molecule has 4 heteroatoms. The standard InChI is InChI=1S/C11H12F2N2/c12-8-1-2-11(13)10(4-8)7-3-9(14)6-15-5-7/h1-4,9,15H,5-6,14H2. The SMILES string of the molecule is NC1C=C(c2cc(F)ccc2F)CNC1. The molecule has 1 aliphatic rings. The molecule has 1 aromatic rings. The zero-order chi connectivity index (χ0) is 10.8. The van der Waals surface area contributed by atoms with Crippen LogP contribution >= 0.6 is 0 Å². The lowest BCUT2D eigenvalue weighted by Crippen LogP contribution is -2.37. The van der Waals surface area contributed by atoms with Gasteiger partial charge in [0, 0.05) is 24.7 Å². The second kappa shape index (κ2) is 4.08. The van der Waals surface area contributed by atoms with Gasteiger partial charge in [-0.3, -0.25) is 0 Å². The van der Waals surface area contributed by atoms with E-state index in [1.807, 2.05) is 0 Å². The summed E-state index contributed by atoms with van der Waals surface area (Å²) >= 11 is 0. The number of hydrogen-bond acceptors (Lipinski definition) is 2. The topological polar surface area (TPSA) is 38.0 Å². The molecule has 1 aliphatic heterocycles. The van der Waals surface area contributed by atoms with E-state index >= 15 is 0 Å². The van der Waals surface area contributed by atoms with E-state index in [0.29, 0.717) is 18.7 Å². The lowest BCUT2D eigenvalue weighted by atomic mass is 10.00. The predicted molar refractivity (Wildman–Crippen MR) is 55.2 cm³/mol. The second-order valence-electron chi connectivity index (χ2n) is 3.61. The van der Waals surface area contributed by atoms with Crippen molar-refractivity contribution in [3.63, 3.8) is 0 Å². The lowest BCUT2D eigenvalue weighted by Gasteiger charge is -2.19. The first kappa shape index (κ1) is 10.3. The van der Waals surface area contributed by atoms with E-state index in [1.165, 1.54) is 6.07 Å². The van der Waals surface area contributed by atoms with Crippen molar-refractivity contribution in [2.75, 3.05) is 13.1 Å². The average molecular weight is 210 g/mol. The Labute approximate surface area is 86.8 Å². The fourth-order valence-electron chi connectivity index (χ4n) is 1.68. The summed E-state index contributed by atoms with van der Waals surface area (Å²) < 4.78 is 26.4. The highest BCUT2D eigenvalue weighted by atomic mass is 19.1. The van der Waals surface area contributed by atoms with Crippen LogP contribution in [0.1, 0.15) is 5.56 Å². The van der Waals surface area contributed by atoms with Crippen LogP contribution in [0.15, 0.2) is 24.3 Å². The van der Waals surface area contributed by atoms with Crippen molar-refractivity contribution in [3.05, 3.63) is 41.5 Å². The van der Waals surface area contributed by atoms with Gasteiger partial charge >= 0.3 is 0 Å². The Hall–Kier alpha value is -1.26. The van der Waals surface area contributed by atoms with Crippen LogP contribution in [0.25, 0.3) is 5.57 Å². The van der Waals surface area contributed by atoms with Crippen molar-refractivity contribution in [1.29, 1.82) is 0 Å². The minimum atomic E-state index is -0.438. The summed E-state index contributed by atoms with van der Waals surface area (Å²) in [5.41, 5.74) is 6.70. The second-order valence-corrected chi connectivity index (χ2v) is 3.61. The Kier molecular flexibility index (Phi) is 2.79. The van der Waals surface area contributed by atoms with Gasteiger partial charge in [0.25, 0.3) is 0 Å². The third kappa shape index (κ3) is 2.22. The van der Waals surface area contributed by atoms with Gasteiger partial charge in [0.05, 0.1) is 0 Å². The summed E-state index contributed by atoms with van der Waals surface area (Å²) in [5.74, 6) is -0.856. The molecule has 1 unspecified atom stereocenters. The Morgan fingerprint density at radius 2 is 2.13 bits per heavy atom. The number of halogens is 2. The number of rotatable bonds is 1. The summed E-state index contributed by atoms with van der Waals surface area (Å²) in [4.78, 5) is 0. The number of nitrogens with one attached hydrogen (secondary N) is 1. The molecule has 0 aliphatic carbocycles. The predicted octanol–water partition coefficient (Wildman–Crippen LogP) is 1.28. The first-order chi connectivity index (χ1) is 7.16. The van der Waals surface area contributed by atoms with Gasteiger partial charge in [-0.15, -0.1) is 0 Å². The monoisotopic (exact) mass is 210 g/mol. The van der Waals surface area contributed by atoms with Crippen molar-refractivity contribution >= 4 is 5.57 Å². The molecular formula is C11H12F2N2. The van der Waals surface area contributed by atoms with Crippen molar-refractivity contribution in [3.8, 4) is 0 Å². The van der Waals surface area contributed by atoms with Gasteiger partial charge < -0.3 is 11.1 Å². The molecule has 15 heavy (non-hydrogen) atoms. The zero-order valence-electron chi connectivity index (χ0n) is 8.13. The normalized spacial score (nSPS) is 21.3. The van der Waals surface area contributed by atoms with Crippen LogP contribution < -0.4 is 11.1 Å². The Balaban J connectivity index is 2.40. The minimum absolute atomic E-state index is 0.142. The molecule has 2 rings (SSSR count). The Morgan fingerprint density at radius 3 is 2.87 bits per heavy atom. The van der Waals surface area contributed by atoms with Crippen molar-refractivity contribution in [2.24, 2.45) is 5.73 Å². The molecule has 1 heterocycles. The van der Waals surface area contributed by atoms with Gasteiger partial charge in [-0.2, -0.15) is 0 Å². The van der Waals surface area contributed by atoms with E-state index in [2.05, 4.69) is 5.32 Å². The van der Waals surface area contributed by atoms with E-state index in [9.17, 15) is 8.78 Å². The summed E-state index contributed by atoms with van der Waals surface area (Å²) in [6, 6.07) is 3.29. The van der Waals surface area contributed by atoms with E-state index in [1.54, 1.807) is 6.08 Å². The van der Waals surface area contributed by atoms with E-state index in [-0.39, 0.29) is 11.6 Å². The molecule has 0 radical (unpaired) electrons. The third-order valence-electron chi connectivity index (χ3n) is 2.39. The van der Waals surface area contributed by atoms with Gasteiger partial charge in [0.15, 0.2) is 0 Å². The van der Waals surface area contributed by atoms with Crippen LogP contribution in [0, 0.1) is 11.6 Å². The van der Waals surface area contributed by atoms with Gasteiger partial charge in [-0.25, -0.2) is 8.78 Å². The van der Waals surface area contributed by atoms with Gasteiger partial charge in [-0.1, -0.05) is 6.08 Å². The Bertz CT molecular complexity index is 402. The lowest BCUT2D eigenvalue weighted by molar-refractivity contribution is 0.593. The van der Waals surface area contributed by atoms with Crippen molar-refractivity contribution in [2.45, 2.75) is 6.04 Å². The smallest absolute Gasteiger partial charge is 0.130 e. The quantitative estimate of drug-likeness (QED) is 0.732. The molecule has 0 saturated heterocycles. The highest BCUT2D eigenvalue weighted by molar-refractivity contribution is 5.68. The van der Waals surface area contributed by atoms with Crippen LogP contribution in [-0.2, 0) is 0 Å². The van der Waals surface area contributed by atoms with Gasteiger partial charge in [0.2, 0.25) is 0 Å². The first-order valence-electron chi connectivity index (χ1n) is 4.79. The average Bonchev–Trinajstić information content (AvgIpc) is 2.22. The molecule has 80 valence electrons. The van der Waals surface area contributed by atoms with E-state index < -0.39 is 11.6 Å². The summed E-state index contributed by atoms with van der Waals surface area (Å²) in [6.07, 6.45) is 1.77. The first-order valence-corrected chi connectivity index (χ1v) is 4.79. The molecule has 0 saturated carbocycles. The molecule has 0 amide bonds. The van der Waals surface area contributed by atoms with Gasteiger partial charge in [-0.05, 0) is 23.8 Å². The highest BCUT2D eigenvalue weighted by Crippen LogP contribution is 2.20. The third-order valence-corrected chi connectivity index (χ3v) is 2.39. The number of nitrogens with two attached hydrogens (primary N) is 1. The Morgan fingerprint density at radius 1 is 1.33 bits per heavy atom. The van der Waals surface area contributed by atoms with Crippen LogP contribution in [0.4, 0.5) is 8.78 Å². The van der Waals surface area contributed by atoms with Crippen LogP contribution in [0.2, 0.25) is 0 Å². The maximum atomic E-state index is 13.4. The zero-order valence-corrected chi connectivity index (χ0v) is 8.13. The molecule has 0 aromatic heterocycles. The molecule has 3 N–H and O–H groups in total. The van der Waals surface area contributed by atoms with Crippen LogP contribution in [0.5, 0.6) is 0 Å². The number of benzene rings is 1. The number of hydrogen-bond donors (Lipinski definition) is 2. The molecule has 2 nitrogen and oxygen atoms in total. The largest absolute Gasteiger partial charge is 0.323 e. The molecule has 0 bridgehead atoms. The molecule has 0 spiro atoms. The van der Waals surface area contributed by atoms with E-state index in [4.69, 9.17) is 5.73 Å². The molecule has 1 atom stereocenters. The molecule has 1 aromatic carbocycles. The fraction of sp³-hybridized carbons (Fsp3) is 0.273. The maximum Gasteiger partial charge on any atom is 0.130 e.